The summed E-state index contributed by atoms with van der Waals surface area (Å²) in [4.78, 5) is 38.1. The number of ether oxygens (including phenoxy) is 3. The van der Waals surface area contributed by atoms with Crippen molar-refractivity contribution in [2.45, 2.75) is 406 Å². The van der Waals surface area contributed by atoms with E-state index >= 15 is 0 Å². The molecule has 0 radical (unpaired) electrons. The molecule has 0 N–H and O–H groups in total. The molecule has 1 atom stereocenters. The maximum Gasteiger partial charge on any atom is 0.306 e. The minimum absolute atomic E-state index is 0.0666. The van der Waals surface area contributed by atoms with Gasteiger partial charge in [0.05, 0.1) is 0 Å². The second-order valence-corrected chi connectivity index (χ2v) is 23.8. The van der Waals surface area contributed by atoms with Crippen molar-refractivity contribution in [3.8, 4) is 0 Å². The van der Waals surface area contributed by atoms with Gasteiger partial charge >= 0.3 is 17.9 Å². The zero-order chi connectivity index (χ0) is 55.0. The third-order valence-electron chi connectivity index (χ3n) is 16.0. The van der Waals surface area contributed by atoms with E-state index < -0.39 is 6.10 Å². The summed E-state index contributed by atoms with van der Waals surface area (Å²) in [5, 5.41) is 0. The van der Waals surface area contributed by atoms with Gasteiger partial charge in [0, 0.05) is 19.3 Å². The zero-order valence-electron chi connectivity index (χ0n) is 51.8. The summed E-state index contributed by atoms with van der Waals surface area (Å²) in [5.41, 5.74) is 0. The number of rotatable bonds is 65. The lowest BCUT2D eigenvalue weighted by molar-refractivity contribution is -0.167. The SMILES string of the molecule is CCC/C=C\CCCCCCCC(=O)OCC(COC(=O)CCCCCCCCCCCCCCCCCCCCCCCCCCCCCCCCCCCCC)OC(=O)CCCCCCCCCCCCCCC. The monoisotopic (exact) mass is 1070 g/mol. The minimum atomic E-state index is -0.768. The Hall–Kier alpha value is -1.85. The predicted molar refractivity (Wildman–Crippen MR) is 330 cm³/mol. The summed E-state index contributed by atoms with van der Waals surface area (Å²) in [6.45, 7) is 6.64. The summed E-state index contributed by atoms with van der Waals surface area (Å²) >= 11 is 0. The first kappa shape index (κ1) is 74.2. The lowest BCUT2D eigenvalue weighted by Crippen LogP contribution is -2.30. The van der Waals surface area contributed by atoms with Crippen LogP contribution in [0.25, 0.3) is 0 Å². The molecule has 0 fully saturated rings. The largest absolute Gasteiger partial charge is 0.462 e. The van der Waals surface area contributed by atoms with E-state index in [4.69, 9.17) is 14.2 Å². The first-order valence-corrected chi connectivity index (χ1v) is 34.7. The molecule has 6 nitrogen and oxygen atoms in total. The van der Waals surface area contributed by atoms with Crippen LogP contribution in [0.1, 0.15) is 400 Å². The summed E-state index contributed by atoms with van der Waals surface area (Å²) < 4.78 is 16.9. The van der Waals surface area contributed by atoms with Crippen LogP contribution >= 0.6 is 0 Å². The Morgan fingerprint density at radius 3 is 0.711 bits per heavy atom. The Morgan fingerprint density at radius 2 is 0.461 bits per heavy atom. The minimum Gasteiger partial charge on any atom is -0.462 e. The number of hydrogen-bond donors (Lipinski definition) is 0. The molecule has 6 heteroatoms. The van der Waals surface area contributed by atoms with Gasteiger partial charge in [-0.15, -0.1) is 0 Å². The van der Waals surface area contributed by atoms with E-state index in [1.807, 2.05) is 0 Å². The summed E-state index contributed by atoms with van der Waals surface area (Å²) in [6, 6.07) is 0. The number of carbonyl (C=O) groups is 3. The molecule has 0 aliphatic rings. The topological polar surface area (TPSA) is 78.9 Å². The lowest BCUT2D eigenvalue weighted by atomic mass is 10.0. The van der Waals surface area contributed by atoms with E-state index in [2.05, 4.69) is 32.9 Å². The molecule has 0 aromatic rings. The van der Waals surface area contributed by atoms with Gasteiger partial charge in [0.2, 0.25) is 0 Å². The van der Waals surface area contributed by atoms with Crippen molar-refractivity contribution in [1.82, 2.24) is 0 Å². The van der Waals surface area contributed by atoms with Gasteiger partial charge in [-0.05, 0) is 38.5 Å². The number of unbranched alkanes of at least 4 members (excludes halogenated alkanes) is 52. The fraction of sp³-hybridized carbons (Fsp3) is 0.929. The summed E-state index contributed by atoms with van der Waals surface area (Å²) in [5.74, 6) is -0.852. The highest BCUT2D eigenvalue weighted by Gasteiger charge is 2.19. The highest BCUT2D eigenvalue weighted by atomic mass is 16.6. The van der Waals surface area contributed by atoms with E-state index in [-0.39, 0.29) is 31.1 Å². The normalized spacial score (nSPS) is 12.0. The summed E-state index contributed by atoms with van der Waals surface area (Å²) in [6.07, 6.45) is 78.5. The number of allylic oxidation sites excluding steroid dienone is 2. The third kappa shape index (κ3) is 63.0. The number of carbonyl (C=O) groups excluding carboxylic acids is 3. The van der Waals surface area contributed by atoms with Gasteiger partial charge in [-0.25, -0.2) is 0 Å². The fourth-order valence-electron chi connectivity index (χ4n) is 10.8. The van der Waals surface area contributed by atoms with E-state index in [1.54, 1.807) is 0 Å². The molecule has 1 unspecified atom stereocenters. The zero-order valence-corrected chi connectivity index (χ0v) is 51.8. The van der Waals surface area contributed by atoms with E-state index in [1.165, 1.54) is 289 Å². The van der Waals surface area contributed by atoms with Crippen LogP contribution in [0.15, 0.2) is 12.2 Å². The first-order chi connectivity index (χ1) is 37.5. The molecule has 450 valence electrons. The molecule has 0 aliphatic heterocycles. The Labute approximate surface area is 475 Å². The molecular weight excluding hydrogens is 937 g/mol. The average Bonchev–Trinajstić information content (AvgIpc) is 3.42. The first-order valence-electron chi connectivity index (χ1n) is 34.7. The molecule has 0 heterocycles. The second-order valence-electron chi connectivity index (χ2n) is 23.8. The molecule has 0 bridgehead atoms. The van der Waals surface area contributed by atoms with E-state index in [9.17, 15) is 14.4 Å². The van der Waals surface area contributed by atoms with Gasteiger partial charge in [0.1, 0.15) is 13.2 Å². The highest BCUT2D eigenvalue weighted by Crippen LogP contribution is 2.19. The molecule has 0 spiro atoms. The molecule has 0 saturated carbocycles. The van der Waals surface area contributed by atoms with Gasteiger partial charge in [-0.1, -0.05) is 354 Å². The number of hydrogen-bond acceptors (Lipinski definition) is 6. The van der Waals surface area contributed by atoms with Crippen molar-refractivity contribution in [1.29, 1.82) is 0 Å². The van der Waals surface area contributed by atoms with Crippen molar-refractivity contribution in [3.63, 3.8) is 0 Å². The summed E-state index contributed by atoms with van der Waals surface area (Å²) in [7, 11) is 0. The van der Waals surface area contributed by atoms with Crippen LogP contribution < -0.4 is 0 Å². The Morgan fingerprint density at radius 1 is 0.250 bits per heavy atom. The van der Waals surface area contributed by atoms with Gasteiger partial charge in [0.25, 0.3) is 0 Å². The quantitative estimate of drug-likeness (QED) is 0.0261. The lowest BCUT2D eigenvalue weighted by Gasteiger charge is -2.18. The molecule has 0 rings (SSSR count). The third-order valence-corrected chi connectivity index (χ3v) is 16.0. The van der Waals surface area contributed by atoms with E-state index in [0.717, 1.165) is 70.6 Å². The molecule has 76 heavy (non-hydrogen) atoms. The van der Waals surface area contributed by atoms with Crippen molar-refractivity contribution in [3.05, 3.63) is 12.2 Å². The molecule has 0 aromatic carbocycles. The van der Waals surface area contributed by atoms with Crippen molar-refractivity contribution in [2.75, 3.05) is 13.2 Å². The molecule has 0 aliphatic carbocycles. The Bertz CT molecular complexity index is 1180. The fourth-order valence-corrected chi connectivity index (χ4v) is 10.8. The van der Waals surface area contributed by atoms with Crippen molar-refractivity contribution in [2.24, 2.45) is 0 Å². The van der Waals surface area contributed by atoms with Gasteiger partial charge in [-0.2, -0.15) is 0 Å². The van der Waals surface area contributed by atoms with Crippen molar-refractivity contribution < 1.29 is 28.6 Å². The van der Waals surface area contributed by atoms with Crippen LogP contribution in [0.2, 0.25) is 0 Å². The Kier molecular flexibility index (Phi) is 64.1. The maximum absolute atomic E-state index is 12.8. The smallest absolute Gasteiger partial charge is 0.306 e. The van der Waals surface area contributed by atoms with Gasteiger partial charge < -0.3 is 14.2 Å². The van der Waals surface area contributed by atoms with Crippen LogP contribution in [-0.4, -0.2) is 37.2 Å². The van der Waals surface area contributed by atoms with Crippen LogP contribution in [0.5, 0.6) is 0 Å². The molecular formula is C70H134O6. The van der Waals surface area contributed by atoms with E-state index in [0.29, 0.717) is 19.3 Å². The molecule has 0 amide bonds. The van der Waals surface area contributed by atoms with Crippen LogP contribution in [0.3, 0.4) is 0 Å². The standard InChI is InChI=1S/C70H134O6/c1-4-7-10-13-16-19-22-24-25-26-27-28-29-30-31-32-33-34-35-36-37-38-39-40-41-42-43-44-45-47-48-51-54-57-60-63-69(72)75-66-67(65-74-68(71)62-59-56-53-50-21-18-15-12-9-6-3)76-70(73)64-61-58-55-52-49-46-23-20-17-14-11-8-5-2/h12,15,67H,4-11,13-14,16-66H2,1-3H3/b15-12-. The second kappa shape index (κ2) is 65.7. The highest BCUT2D eigenvalue weighted by molar-refractivity contribution is 5.71. The molecule has 0 aromatic heterocycles. The van der Waals surface area contributed by atoms with Crippen LogP contribution in [0.4, 0.5) is 0 Å². The van der Waals surface area contributed by atoms with Crippen LogP contribution in [0, 0.1) is 0 Å². The predicted octanol–water partition coefficient (Wildman–Crippen LogP) is 23.6. The van der Waals surface area contributed by atoms with Crippen LogP contribution in [-0.2, 0) is 28.6 Å². The van der Waals surface area contributed by atoms with Crippen molar-refractivity contribution >= 4 is 17.9 Å². The Balaban J connectivity index is 3.92. The molecule has 0 saturated heterocycles. The maximum atomic E-state index is 12.8. The average molecular weight is 1070 g/mol. The number of esters is 3. The van der Waals surface area contributed by atoms with Gasteiger partial charge in [0.15, 0.2) is 6.10 Å². The van der Waals surface area contributed by atoms with Gasteiger partial charge in [-0.3, -0.25) is 14.4 Å².